The Morgan fingerprint density at radius 1 is 1.00 bits per heavy atom. The lowest BCUT2D eigenvalue weighted by atomic mass is 9.93. The summed E-state index contributed by atoms with van der Waals surface area (Å²) in [4.78, 5) is 44.4. The number of rotatable bonds is 10. The van der Waals surface area contributed by atoms with Gasteiger partial charge in [0.15, 0.2) is 16.3 Å². The Labute approximate surface area is 277 Å². The number of esters is 1. The van der Waals surface area contributed by atoms with Gasteiger partial charge in [-0.2, -0.15) is 0 Å². The lowest BCUT2D eigenvalue weighted by molar-refractivity contribution is -0.384. The second-order valence-corrected chi connectivity index (χ2v) is 11.4. The fourth-order valence-electron chi connectivity index (χ4n) is 5.48. The first-order chi connectivity index (χ1) is 23.3. The summed E-state index contributed by atoms with van der Waals surface area (Å²) in [6, 6.07) is 21.1. The first-order valence-electron chi connectivity index (χ1n) is 14.7. The maximum absolute atomic E-state index is 14.2. The number of carbonyl (C=O) groups is 1. The Kier molecular flexibility index (Phi) is 8.95. The van der Waals surface area contributed by atoms with Crippen LogP contribution >= 0.6 is 11.3 Å². The predicted octanol–water partition coefficient (Wildman–Crippen LogP) is 5.13. The van der Waals surface area contributed by atoms with Crippen molar-refractivity contribution in [2.45, 2.75) is 13.0 Å². The molecule has 48 heavy (non-hydrogen) atoms. The van der Waals surface area contributed by atoms with E-state index in [0.29, 0.717) is 38.9 Å². The number of ether oxygens (including phenoxy) is 4. The Bertz CT molecular complexity index is 2250. The maximum atomic E-state index is 14.2. The number of thiazole rings is 1. The highest BCUT2D eigenvalue weighted by Gasteiger charge is 2.35. The van der Waals surface area contributed by atoms with Crippen molar-refractivity contribution in [1.82, 2.24) is 4.57 Å². The van der Waals surface area contributed by atoms with Gasteiger partial charge in [0.1, 0.15) is 17.3 Å². The molecule has 0 fully saturated rings. The summed E-state index contributed by atoms with van der Waals surface area (Å²) in [6.07, 6.45) is 1.55. The van der Waals surface area contributed by atoms with Crippen LogP contribution in [0.1, 0.15) is 29.9 Å². The van der Waals surface area contributed by atoms with Crippen molar-refractivity contribution in [1.29, 1.82) is 0 Å². The third-order valence-corrected chi connectivity index (χ3v) is 8.65. The van der Waals surface area contributed by atoms with E-state index in [1.54, 1.807) is 55.5 Å². The van der Waals surface area contributed by atoms with E-state index in [1.807, 2.05) is 30.3 Å². The van der Waals surface area contributed by atoms with Gasteiger partial charge in [-0.05, 0) is 48.9 Å². The van der Waals surface area contributed by atoms with E-state index in [0.717, 1.165) is 11.3 Å². The van der Waals surface area contributed by atoms with E-state index in [4.69, 9.17) is 28.4 Å². The van der Waals surface area contributed by atoms with Crippen LogP contribution in [-0.2, 0) is 9.53 Å². The highest BCUT2D eigenvalue weighted by Crippen LogP contribution is 2.39. The van der Waals surface area contributed by atoms with Gasteiger partial charge < -0.3 is 23.4 Å². The molecule has 3 aromatic carbocycles. The van der Waals surface area contributed by atoms with E-state index in [2.05, 4.69) is 0 Å². The topological polar surface area (TPSA) is 145 Å². The van der Waals surface area contributed by atoms with Crippen LogP contribution in [0.15, 0.2) is 98.6 Å². The molecule has 0 saturated heterocycles. The van der Waals surface area contributed by atoms with Gasteiger partial charge in [0.2, 0.25) is 0 Å². The number of benzene rings is 3. The van der Waals surface area contributed by atoms with Gasteiger partial charge in [-0.15, -0.1) is 0 Å². The Morgan fingerprint density at radius 2 is 1.77 bits per heavy atom. The zero-order valence-electron chi connectivity index (χ0n) is 26.3. The standard InChI is InChI=1S/C35H29N3O9S/c1-5-46-34(40)30-31(20-9-7-6-8-10-20)36-35-37(32(30)21-11-15-27(44-3)28(17-21)45-4)33(39)29(48-35)19-23-13-16-26(47-23)24-14-12-22(43-2)18-25(24)38(41)42/h6-19,32H,5H2,1-4H3/b29-19-. The maximum Gasteiger partial charge on any atom is 0.338 e. The van der Waals surface area contributed by atoms with E-state index in [1.165, 1.54) is 32.0 Å². The number of aromatic nitrogens is 1. The molecule has 0 radical (unpaired) electrons. The van der Waals surface area contributed by atoms with Crippen molar-refractivity contribution < 1.29 is 33.1 Å². The summed E-state index contributed by atoms with van der Waals surface area (Å²) in [5, 5.41) is 11.8. The number of fused-ring (bicyclic) bond motifs is 1. The molecule has 5 aromatic rings. The molecule has 2 aromatic heterocycles. The van der Waals surface area contributed by atoms with Crippen molar-refractivity contribution in [3.63, 3.8) is 0 Å². The summed E-state index contributed by atoms with van der Waals surface area (Å²) < 4.78 is 29.4. The molecular weight excluding hydrogens is 638 g/mol. The van der Waals surface area contributed by atoms with E-state index in [9.17, 15) is 19.7 Å². The quantitative estimate of drug-likeness (QED) is 0.112. The van der Waals surface area contributed by atoms with Gasteiger partial charge in [0, 0.05) is 11.6 Å². The minimum absolute atomic E-state index is 0.112. The number of nitrogens with zero attached hydrogens (tertiary/aromatic N) is 3. The average Bonchev–Trinajstić information content (AvgIpc) is 3.70. The van der Waals surface area contributed by atoms with Crippen LogP contribution in [0.5, 0.6) is 17.2 Å². The molecule has 1 atom stereocenters. The van der Waals surface area contributed by atoms with Gasteiger partial charge in [-0.1, -0.05) is 47.7 Å². The number of nitro benzene ring substituents is 1. The molecule has 0 spiro atoms. The first-order valence-corrected chi connectivity index (χ1v) is 15.5. The van der Waals surface area contributed by atoms with Crippen LogP contribution in [-0.4, -0.2) is 43.4 Å². The number of hydrogen-bond donors (Lipinski definition) is 0. The van der Waals surface area contributed by atoms with Crippen LogP contribution in [0.3, 0.4) is 0 Å². The SMILES string of the molecule is CCOC(=O)C1=C(c2ccccc2)N=c2s/c(=C\c3ccc(-c4ccc(OC)cc4[N+](=O)[O-])o3)c(=O)n2C1c1ccc(OC)c(OC)c1. The summed E-state index contributed by atoms with van der Waals surface area (Å²) >= 11 is 1.12. The molecule has 0 amide bonds. The van der Waals surface area contributed by atoms with E-state index >= 15 is 0 Å². The van der Waals surface area contributed by atoms with Gasteiger partial charge >= 0.3 is 5.97 Å². The van der Waals surface area contributed by atoms with Crippen LogP contribution < -0.4 is 29.1 Å². The van der Waals surface area contributed by atoms with Crippen molar-refractivity contribution in [2.75, 3.05) is 27.9 Å². The normalized spacial score (nSPS) is 14.2. The molecule has 0 N–H and O–H groups in total. The monoisotopic (exact) mass is 667 g/mol. The number of furan rings is 1. The summed E-state index contributed by atoms with van der Waals surface area (Å²) in [7, 11) is 4.45. The van der Waals surface area contributed by atoms with E-state index < -0.39 is 22.5 Å². The van der Waals surface area contributed by atoms with Crippen molar-refractivity contribution in [3.05, 3.63) is 131 Å². The lowest BCUT2D eigenvalue weighted by Crippen LogP contribution is -2.40. The molecule has 0 aliphatic carbocycles. The molecule has 6 rings (SSSR count). The molecule has 0 bridgehead atoms. The molecule has 1 unspecified atom stereocenters. The Morgan fingerprint density at radius 3 is 2.46 bits per heavy atom. The summed E-state index contributed by atoms with van der Waals surface area (Å²) in [6.45, 7) is 1.82. The zero-order valence-corrected chi connectivity index (χ0v) is 27.1. The lowest BCUT2D eigenvalue weighted by Gasteiger charge is -2.26. The zero-order chi connectivity index (χ0) is 33.9. The fourth-order valence-corrected chi connectivity index (χ4v) is 6.46. The van der Waals surface area contributed by atoms with Crippen LogP contribution in [0, 0.1) is 10.1 Å². The van der Waals surface area contributed by atoms with Gasteiger partial charge in [-0.3, -0.25) is 19.5 Å². The number of nitro groups is 1. The summed E-state index contributed by atoms with van der Waals surface area (Å²) in [5.74, 6) is 1.13. The third kappa shape index (κ3) is 5.86. The number of methoxy groups -OCH3 is 3. The molecule has 12 nitrogen and oxygen atoms in total. The molecule has 244 valence electrons. The van der Waals surface area contributed by atoms with Gasteiger partial charge in [0.25, 0.3) is 11.2 Å². The molecule has 1 aliphatic rings. The minimum atomic E-state index is -0.938. The largest absolute Gasteiger partial charge is 0.497 e. The smallest absolute Gasteiger partial charge is 0.338 e. The number of hydrogen-bond acceptors (Lipinski definition) is 11. The fraction of sp³-hybridized carbons (Fsp3) is 0.171. The molecule has 1 aliphatic heterocycles. The van der Waals surface area contributed by atoms with Crippen molar-refractivity contribution >= 4 is 34.8 Å². The van der Waals surface area contributed by atoms with Crippen LogP contribution in [0.25, 0.3) is 23.1 Å². The Hall–Kier alpha value is -5.95. The van der Waals surface area contributed by atoms with Crippen LogP contribution in [0.4, 0.5) is 5.69 Å². The molecule has 13 heteroatoms. The van der Waals surface area contributed by atoms with Crippen molar-refractivity contribution in [3.8, 4) is 28.6 Å². The number of carbonyl (C=O) groups excluding carboxylic acids is 1. The van der Waals surface area contributed by atoms with E-state index in [-0.39, 0.29) is 39.5 Å². The predicted molar refractivity (Wildman–Crippen MR) is 178 cm³/mol. The van der Waals surface area contributed by atoms with Gasteiger partial charge in [-0.25, -0.2) is 9.79 Å². The minimum Gasteiger partial charge on any atom is -0.497 e. The van der Waals surface area contributed by atoms with Crippen molar-refractivity contribution in [2.24, 2.45) is 4.99 Å². The molecule has 3 heterocycles. The molecular formula is C35H29N3O9S. The van der Waals surface area contributed by atoms with Crippen LogP contribution in [0.2, 0.25) is 0 Å². The first kappa shape index (κ1) is 32.0. The summed E-state index contributed by atoms with van der Waals surface area (Å²) in [5.41, 5.74) is 1.42. The third-order valence-electron chi connectivity index (χ3n) is 7.66. The molecule has 0 saturated carbocycles. The second kappa shape index (κ2) is 13.4. The second-order valence-electron chi connectivity index (χ2n) is 10.4. The highest BCUT2D eigenvalue weighted by molar-refractivity contribution is 7.07. The van der Waals surface area contributed by atoms with Gasteiger partial charge in [0.05, 0.1) is 66.3 Å². The average molecular weight is 668 g/mol. The highest BCUT2D eigenvalue weighted by atomic mass is 32.1. The Balaban J connectivity index is 1.56.